The van der Waals surface area contributed by atoms with Crippen LogP contribution in [0.2, 0.25) is 0 Å². The Kier molecular flexibility index (Phi) is 9.24. The van der Waals surface area contributed by atoms with Gasteiger partial charge in [0.1, 0.15) is 5.75 Å². The van der Waals surface area contributed by atoms with Crippen molar-refractivity contribution in [1.82, 2.24) is 5.32 Å². The van der Waals surface area contributed by atoms with Crippen LogP contribution >= 0.6 is 0 Å². The molecule has 0 heterocycles. The molecule has 2 fully saturated rings. The molecule has 1 amide bonds. The van der Waals surface area contributed by atoms with Gasteiger partial charge in [-0.25, -0.2) is 0 Å². The van der Waals surface area contributed by atoms with Gasteiger partial charge in [0.2, 0.25) is 6.41 Å². The number of hydrogen-bond donors (Lipinski definition) is 2. The minimum atomic E-state index is -0.750. The highest BCUT2D eigenvalue weighted by Crippen LogP contribution is 2.53. The first-order valence-electron chi connectivity index (χ1n) is 13.8. The Bertz CT molecular complexity index is 958. The lowest BCUT2D eigenvalue weighted by atomic mass is 9.64. The summed E-state index contributed by atoms with van der Waals surface area (Å²) < 4.78 is 16.7. The summed E-state index contributed by atoms with van der Waals surface area (Å²) in [7, 11) is 1.59. The summed E-state index contributed by atoms with van der Waals surface area (Å²) >= 11 is 0. The molecule has 3 aliphatic carbocycles. The summed E-state index contributed by atoms with van der Waals surface area (Å²) in [6.07, 6.45) is 10.3. The molecule has 3 aliphatic rings. The van der Waals surface area contributed by atoms with E-state index in [0.29, 0.717) is 63.9 Å². The molecule has 1 aromatic carbocycles. The van der Waals surface area contributed by atoms with Crippen molar-refractivity contribution in [2.45, 2.75) is 82.6 Å². The van der Waals surface area contributed by atoms with E-state index in [-0.39, 0.29) is 12.5 Å². The Balaban J connectivity index is 1.50. The first-order chi connectivity index (χ1) is 17.9. The third-order valence-electron chi connectivity index (χ3n) is 8.94. The van der Waals surface area contributed by atoms with Crippen LogP contribution in [0.5, 0.6) is 5.75 Å². The van der Waals surface area contributed by atoms with E-state index in [2.05, 4.69) is 5.32 Å². The zero-order valence-electron chi connectivity index (χ0n) is 22.0. The number of hydrogen-bond acceptors (Lipinski definition) is 6. The largest absolute Gasteiger partial charge is 0.481 e. The van der Waals surface area contributed by atoms with Gasteiger partial charge in [-0.2, -0.15) is 0 Å². The molecule has 0 bridgehead atoms. The maximum atomic E-state index is 13.4. The van der Waals surface area contributed by atoms with Crippen molar-refractivity contribution in [3.05, 3.63) is 29.3 Å². The summed E-state index contributed by atoms with van der Waals surface area (Å²) in [5.74, 6) is -1.24. The summed E-state index contributed by atoms with van der Waals surface area (Å²) in [5, 5.41) is 13.2. The predicted molar refractivity (Wildman–Crippen MR) is 137 cm³/mol. The van der Waals surface area contributed by atoms with Crippen LogP contribution < -0.4 is 10.1 Å². The summed E-state index contributed by atoms with van der Waals surface area (Å²) in [6.45, 7) is 0.898. The average molecular weight is 516 g/mol. The predicted octanol–water partition coefficient (Wildman–Crippen LogP) is 4.07. The number of esters is 1. The molecule has 8 heteroatoms. The number of carboxylic acid groups (broad SMARTS) is 1. The molecule has 8 nitrogen and oxygen atoms in total. The molecule has 0 spiro atoms. The minimum Gasteiger partial charge on any atom is -0.481 e. The molecule has 37 heavy (non-hydrogen) atoms. The molecular formula is C29H41NO7. The van der Waals surface area contributed by atoms with Crippen LogP contribution in [0.15, 0.2) is 18.2 Å². The fourth-order valence-corrected chi connectivity index (χ4v) is 6.94. The normalized spacial score (nSPS) is 25.3. The molecule has 204 valence electrons. The van der Waals surface area contributed by atoms with Gasteiger partial charge in [-0.1, -0.05) is 25.3 Å². The summed E-state index contributed by atoms with van der Waals surface area (Å²) in [5.41, 5.74) is 1.11. The Morgan fingerprint density at radius 3 is 2.62 bits per heavy atom. The average Bonchev–Trinajstić information content (AvgIpc) is 3.54. The number of carbonyl (C=O) groups excluding carboxylic acids is 2. The Hall–Kier alpha value is -2.45. The molecule has 0 saturated heterocycles. The van der Waals surface area contributed by atoms with E-state index >= 15 is 0 Å². The lowest BCUT2D eigenvalue weighted by molar-refractivity contribution is -0.155. The molecule has 0 aromatic heterocycles. The van der Waals surface area contributed by atoms with E-state index in [1.54, 1.807) is 7.11 Å². The number of amides is 1. The fraction of sp³-hybridized carbons (Fsp3) is 0.690. The van der Waals surface area contributed by atoms with Crippen LogP contribution in [-0.2, 0) is 36.7 Å². The van der Waals surface area contributed by atoms with Crippen LogP contribution in [0, 0.1) is 17.3 Å². The number of benzene rings is 1. The molecule has 0 radical (unpaired) electrons. The van der Waals surface area contributed by atoms with E-state index in [1.165, 1.54) is 11.1 Å². The Labute approximate surface area is 219 Å². The van der Waals surface area contributed by atoms with E-state index in [1.807, 2.05) is 18.2 Å². The zero-order chi connectivity index (χ0) is 26.3. The molecule has 3 atom stereocenters. The van der Waals surface area contributed by atoms with Gasteiger partial charge in [-0.05, 0) is 87.0 Å². The monoisotopic (exact) mass is 515 g/mol. The number of fused-ring (bicyclic) bond motifs is 1. The summed E-state index contributed by atoms with van der Waals surface area (Å²) in [4.78, 5) is 37.6. The number of ether oxygens (including phenoxy) is 3. The first-order valence-corrected chi connectivity index (χ1v) is 13.8. The van der Waals surface area contributed by atoms with Crippen molar-refractivity contribution < 1.29 is 33.7 Å². The molecule has 2 N–H and O–H groups in total. The standard InChI is InChI=1S/C29H41NO7/c1-35-14-15-36-19-23(26(32)37-25-9-8-21-6-5-7-22(21)16-25)17-28(30-20-31)13-10-24(18-28)29(27(33)34)11-3-2-4-12-29/h8-9,16,20,23-24H,2-7,10-15,17-19H2,1H3,(H,30,31)(H,33,34)/t23?,24-,28-/m1/s1. The fourth-order valence-electron chi connectivity index (χ4n) is 6.94. The Morgan fingerprint density at radius 2 is 1.89 bits per heavy atom. The van der Waals surface area contributed by atoms with Gasteiger partial charge in [0, 0.05) is 12.6 Å². The summed E-state index contributed by atoms with van der Waals surface area (Å²) in [6, 6.07) is 5.82. The van der Waals surface area contributed by atoms with Crippen LogP contribution in [0.25, 0.3) is 0 Å². The molecule has 1 aromatic rings. The highest BCUT2D eigenvalue weighted by Gasteiger charge is 2.53. The van der Waals surface area contributed by atoms with Crippen molar-refractivity contribution in [3.8, 4) is 5.75 Å². The second-order valence-corrected chi connectivity index (χ2v) is 11.2. The maximum absolute atomic E-state index is 13.4. The number of rotatable bonds is 13. The topological polar surface area (TPSA) is 111 Å². The first kappa shape index (κ1) is 27.6. The Morgan fingerprint density at radius 1 is 1.11 bits per heavy atom. The number of methoxy groups -OCH3 is 1. The third kappa shape index (κ3) is 6.34. The maximum Gasteiger partial charge on any atom is 0.316 e. The zero-order valence-corrected chi connectivity index (χ0v) is 22.0. The molecule has 1 unspecified atom stereocenters. The second-order valence-electron chi connectivity index (χ2n) is 11.2. The van der Waals surface area contributed by atoms with Crippen molar-refractivity contribution in [3.63, 3.8) is 0 Å². The van der Waals surface area contributed by atoms with Gasteiger partial charge < -0.3 is 24.6 Å². The van der Waals surface area contributed by atoms with Gasteiger partial charge in [-0.3, -0.25) is 14.4 Å². The van der Waals surface area contributed by atoms with Crippen LogP contribution in [-0.4, -0.2) is 55.9 Å². The number of aryl methyl sites for hydroxylation is 2. The lowest BCUT2D eigenvalue weighted by Crippen LogP contribution is -2.48. The van der Waals surface area contributed by atoms with E-state index < -0.39 is 28.8 Å². The number of nitrogens with one attached hydrogen (secondary N) is 1. The van der Waals surface area contributed by atoms with Crippen LogP contribution in [0.4, 0.5) is 0 Å². The van der Waals surface area contributed by atoms with Gasteiger partial charge in [0.25, 0.3) is 0 Å². The number of aliphatic carboxylic acids is 1. The molecular weight excluding hydrogens is 474 g/mol. The van der Waals surface area contributed by atoms with Crippen LogP contribution in [0.3, 0.4) is 0 Å². The quantitative estimate of drug-likeness (QED) is 0.176. The minimum absolute atomic E-state index is 0.0412. The van der Waals surface area contributed by atoms with E-state index in [9.17, 15) is 19.5 Å². The van der Waals surface area contributed by atoms with E-state index in [4.69, 9.17) is 14.2 Å². The van der Waals surface area contributed by atoms with Crippen molar-refractivity contribution in [1.29, 1.82) is 0 Å². The highest BCUT2D eigenvalue weighted by molar-refractivity contribution is 5.76. The van der Waals surface area contributed by atoms with Gasteiger partial charge in [0.15, 0.2) is 0 Å². The lowest BCUT2D eigenvalue weighted by Gasteiger charge is -2.40. The number of carbonyl (C=O) groups is 3. The third-order valence-corrected chi connectivity index (χ3v) is 8.94. The van der Waals surface area contributed by atoms with Gasteiger partial charge >= 0.3 is 11.9 Å². The van der Waals surface area contributed by atoms with Gasteiger partial charge in [0.05, 0.1) is 31.2 Å². The van der Waals surface area contributed by atoms with Crippen molar-refractivity contribution in [2.75, 3.05) is 26.9 Å². The number of carboxylic acids is 1. The second kappa shape index (κ2) is 12.4. The highest BCUT2D eigenvalue weighted by atomic mass is 16.5. The molecule has 2 saturated carbocycles. The van der Waals surface area contributed by atoms with Crippen molar-refractivity contribution in [2.24, 2.45) is 17.3 Å². The van der Waals surface area contributed by atoms with Gasteiger partial charge in [-0.15, -0.1) is 0 Å². The van der Waals surface area contributed by atoms with E-state index in [0.717, 1.165) is 38.5 Å². The van der Waals surface area contributed by atoms with Crippen LogP contribution in [0.1, 0.15) is 75.3 Å². The molecule has 0 aliphatic heterocycles. The SMILES string of the molecule is COCCOCC(C[C@]1(NC=O)CC[C@@H](C2(C(=O)O)CCCCC2)C1)C(=O)Oc1ccc2c(c1)CCC2. The van der Waals surface area contributed by atoms with Crippen molar-refractivity contribution >= 4 is 18.3 Å². The molecule has 4 rings (SSSR count). The smallest absolute Gasteiger partial charge is 0.316 e.